The molecule has 2 atom stereocenters. The molecule has 0 bridgehead atoms. The van der Waals surface area contributed by atoms with Crippen molar-refractivity contribution in [3.8, 4) is 0 Å². The van der Waals surface area contributed by atoms with Crippen LogP contribution in [0, 0.1) is 0 Å². The van der Waals surface area contributed by atoms with E-state index in [2.05, 4.69) is 0 Å². The number of benzene rings is 1. The van der Waals surface area contributed by atoms with Crippen molar-refractivity contribution < 1.29 is 19.1 Å². The summed E-state index contributed by atoms with van der Waals surface area (Å²) in [6.45, 7) is 3.43. The van der Waals surface area contributed by atoms with E-state index in [-0.39, 0.29) is 12.2 Å². The molecule has 1 rings (SSSR count). The Balaban J connectivity index is 2.43. The lowest BCUT2D eigenvalue weighted by molar-refractivity contribution is 0.0197. The largest absolute Gasteiger partial charge is 0.459 e. The average molecular weight is 251 g/mol. The van der Waals surface area contributed by atoms with Crippen molar-refractivity contribution in [2.45, 2.75) is 32.5 Å². The van der Waals surface area contributed by atoms with Gasteiger partial charge in [-0.05, 0) is 26.0 Å². The van der Waals surface area contributed by atoms with Crippen molar-refractivity contribution in [1.82, 2.24) is 0 Å². The SMILES string of the molecule is CC(CC(C)OC(=O)c1ccccc1)OC(N)=O. The van der Waals surface area contributed by atoms with E-state index in [1.807, 2.05) is 6.07 Å². The third-order valence-corrected chi connectivity index (χ3v) is 2.30. The molecule has 0 radical (unpaired) electrons. The lowest BCUT2D eigenvalue weighted by atomic mass is 10.2. The summed E-state index contributed by atoms with van der Waals surface area (Å²) in [5.41, 5.74) is 5.39. The summed E-state index contributed by atoms with van der Waals surface area (Å²) in [7, 11) is 0. The predicted octanol–water partition coefficient (Wildman–Crippen LogP) is 2.11. The molecule has 1 aromatic rings. The molecule has 0 saturated carbocycles. The molecule has 18 heavy (non-hydrogen) atoms. The van der Waals surface area contributed by atoms with Crippen LogP contribution in [0.15, 0.2) is 30.3 Å². The van der Waals surface area contributed by atoms with Crippen LogP contribution in [-0.4, -0.2) is 24.3 Å². The van der Waals surface area contributed by atoms with E-state index < -0.39 is 12.1 Å². The fourth-order valence-corrected chi connectivity index (χ4v) is 1.59. The van der Waals surface area contributed by atoms with Crippen molar-refractivity contribution in [2.75, 3.05) is 0 Å². The third-order valence-electron chi connectivity index (χ3n) is 2.30. The number of amides is 1. The molecule has 5 nitrogen and oxygen atoms in total. The van der Waals surface area contributed by atoms with Crippen molar-refractivity contribution in [3.63, 3.8) is 0 Å². The van der Waals surface area contributed by atoms with E-state index >= 15 is 0 Å². The second-order valence-corrected chi connectivity index (χ2v) is 4.07. The van der Waals surface area contributed by atoms with Crippen LogP contribution in [0.3, 0.4) is 0 Å². The molecule has 0 saturated heterocycles. The van der Waals surface area contributed by atoms with Crippen LogP contribution in [0.5, 0.6) is 0 Å². The van der Waals surface area contributed by atoms with Gasteiger partial charge >= 0.3 is 12.1 Å². The van der Waals surface area contributed by atoms with Crippen LogP contribution >= 0.6 is 0 Å². The zero-order chi connectivity index (χ0) is 13.5. The lowest BCUT2D eigenvalue weighted by Gasteiger charge is -2.17. The summed E-state index contributed by atoms with van der Waals surface area (Å²) < 4.78 is 9.97. The maximum absolute atomic E-state index is 11.7. The molecule has 5 heteroatoms. The number of esters is 1. The maximum atomic E-state index is 11.7. The van der Waals surface area contributed by atoms with Gasteiger partial charge in [0.15, 0.2) is 0 Å². The van der Waals surface area contributed by atoms with E-state index in [0.717, 1.165) is 0 Å². The van der Waals surface area contributed by atoms with E-state index in [9.17, 15) is 9.59 Å². The maximum Gasteiger partial charge on any atom is 0.404 e. The molecule has 0 fully saturated rings. The van der Waals surface area contributed by atoms with Gasteiger partial charge in [-0.1, -0.05) is 18.2 Å². The normalized spacial score (nSPS) is 13.4. The monoisotopic (exact) mass is 251 g/mol. The Labute approximate surface area is 106 Å². The van der Waals surface area contributed by atoms with Crippen molar-refractivity contribution in [2.24, 2.45) is 5.73 Å². The molecule has 98 valence electrons. The molecule has 2 N–H and O–H groups in total. The van der Waals surface area contributed by atoms with Crippen LogP contribution < -0.4 is 5.73 Å². The number of nitrogens with two attached hydrogens (primary N) is 1. The Bertz CT molecular complexity index is 405. The minimum atomic E-state index is -0.830. The molecular formula is C13H17NO4. The minimum Gasteiger partial charge on any atom is -0.459 e. The van der Waals surface area contributed by atoms with Crippen molar-refractivity contribution in [1.29, 1.82) is 0 Å². The molecule has 0 heterocycles. The minimum absolute atomic E-state index is 0.355. The third kappa shape index (κ3) is 4.86. The topological polar surface area (TPSA) is 78.6 Å². The highest BCUT2D eigenvalue weighted by Gasteiger charge is 2.16. The Morgan fingerprint density at radius 1 is 1.11 bits per heavy atom. The second-order valence-electron chi connectivity index (χ2n) is 4.07. The first-order valence-electron chi connectivity index (χ1n) is 5.71. The highest BCUT2D eigenvalue weighted by molar-refractivity contribution is 5.89. The quantitative estimate of drug-likeness (QED) is 0.813. The Morgan fingerprint density at radius 2 is 1.67 bits per heavy atom. The molecule has 2 unspecified atom stereocenters. The van der Waals surface area contributed by atoms with Gasteiger partial charge in [-0.25, -0.2) is 9.59 Å². The highest BCUT2D eigenvalue weighted by Crippen LogP contribution is 2.09. The zero-order valence-corrected chi connectivity index (χ0v) is 10.5. The number of carbonyl (C=O) groups is 2. The molecule has 0 aliphatic rings. The van der Waals surface area contributed by atoms with Gasteiger partial charge in [0, 0.05) is 6.42 Å². The van der Waals surface area contributed by atoms with Gasteiger partial charge in [-0.2, -0.15) is 0 Å². The zero-order valence-electron chi connectivity index (χ0n) is 10.5. The molecule has 0 aliphatic heterocycles. The first-order chi connectivity index (χ1) is 8.49. The summed E-state index contributed by atoms with van der Waals surface area (Å²) in [5.74, 6) is -0.394. The van der Waals surface area contributed by atoms with Gasteiger partial charge in [0.05, 0.1) is 5.56 Å². The number of hydrogen-bond donors (Lipinski definition) is 1. The van der Waals surface area contributed by atoms with Gasteiger partial charge in [0.1, 0.15) is 12.2 Å². The average Bonchev–Trinajstić information content (AvgIpc) is 2.28. The first-order valence-corrected chi connectivity index (χ1v) is 5.71. The van der Waals surface area contributed by atoms with E-state index in [0.29, 0.717) is 12.0 Å². The summed E-state index contributed by atoms with van der Waals surface area (Å²) in [5, 5.41) is 0. The van der Waals surface area contributed by atoms with E-state index in [1.54, 1.807) is 38.1 Å². The van der Waals surface area contributed by atoms with Gasteiger partial charge in [0.25, 0.3) is 0 Å². The summed E-state index contributed by atoms with van der Waals surface area (Å²) in [6, 6.07) is 8.71. The van der Waals surface area contributed by atoms with Crippen molar-refractivity contribution >= 4 is 12.1 Å². The van der Waals surface area contributed by atoms with E-state index in [1.165, 1.54) is 0 Å². The predicted molar refractivity (Wildman–Crippen MR) is 66.1 cm³/mol. The highest BCUT2D eigenvalue weighted by atomic mass is 16.6. The van der Waals surface area contributed by atoms with Gasteiger partial charge < -0.3 is 15.2 Å². The molecule has 0 aliphatic carbocycles. The van der Waals surface area contributed by atoms with Gasteiger partial charge in [0.2, 0.25) is 0 Å². The molecule has 1 amide bonds. The number of primary amides is 1. The van der Waals surface area contributed by atoms with E-state index in [4.69, 9.17) is 15.2 Å². The fourth-order valence-electron chi connectivity index (χ4n) is 1.59. The van der Waals surface area contributed by atoms with Crippen LogP contribution in [-0.2, 0) is 9.47 Å². The standard InChI is InChI=1S/C13H17NO4/c1-9(8-10(2)18-13(14)16)17-12(15)11-6-4-3-5-7-11/h3-7,9-10H,8H2,1-2H3,(H2,14,16). The Hall–Kier alpha value is -2.04. The van der Waals surface area contributed by atoms with Crippen LogP contribution in [0.4, 0.5) is 4.79 Å². The van der Waals surface area contributed by atoms with Crippen LogP contribution in [0.2, 0.25) is 0 Å². The molecule has 0 aromatic heterocycles. The Morgan fingerprint density at radius 3 is 2.22 bits per heavy atom. The van der Waals surface area contributed by atoms with Gasteiger partial charge in [-0.3, -0.25) is 0 Å². The van der Waals surface area contributed by atoms with Crippen molar-refractivity contribution in [3.05, 3.63) is 35.9 Å². The molecule has 1 aromatic carbocycles. The summed E-state index contributed by atoms with van der Waals surface area (Å²) in [4.78, 5) is 22.2. The van der Waals surface area contributed by atoms with Crippen LogP contribution in [0.25, 0.3) is 0 Å². The summed E-state index contributed by atoms with van der Waals surface area (Å²) >= 11 is 0. The second kappa shape index (κ2) is 6.64. The Kier molecular flexibility index (Phi) is 5.17. The fraction of sp³-hybridized carbons (Fsp3) is 0.385. The lowest BCUT2D eigenvalue weighted by Crippen LogP contribution is -2.25. The number of hydrogen-bond acceptors (Lipinski definition) is 4. The van der Waals surface area contributed by atoms with Gasteiger partial charge in [-0.15, -0.1) is 0 Å². The number of ether oxygens (including phenoxy) is 2. The molecular weight excluding hydrogens is 234 g/mol. The van der Waals surface area contributed by atoms with Crippen LogP contribution in [0.1, 0.15) is 30.6 Å². The number of carbonyl (C=O) groups excluding carboxylic acids is 2. The summed E-state index contributed by atoms with van der Waals surface area (Å²) in [6.07, 6.45) is -1.17. The molecule has 0 spiro atoms. The number of rotatable bonds is 5. The smallest absolute Gasteiger partial charge is 0.404 e. The first kappa shape index (κ1) is 14.0.